The standard InChI is InChI=1S/C21H21F2N5O2/c1-26-11-16(10-25-26)18(29)27-13-20(12-21(22,23)14-27)6-3-7-28(19(20)30)17-5-2-4-15(8-17)9-24/h2,4-5,8,10-11H,3,6-7,12-14H2,1H3/t20-/m0/s1. The molecule has 1 atom stereocenters. The first-order valence-electron chi connectivity index (χ1n) is 9.71. The molecule has 0 N–H and O–H groups in total. The van der Waals surface area contributed by atoms with Crippen LogP contribution >= 0.6 is 0 Å². The van der Waals surface area contributed by atoms with Gasteiger partial charge in [0.2, 0.25) is 5.91 Å². The molecule has 0 bridgehead atoms. The lowest BCUT2D eigenvalue weighted by Gasteiger charge is -2.49. The highest BCUT2D eigenvalue weighted by Crippen LogP contribution is 2.46. The van der Waals surface area contributed by atoms with E-state index >= 15 is 0 Å². The van der Waals surface area contributed by atoms with Gasteiger partial charge in [-0.15, -0.1) is 0 Å². The van der Waals surface area contributed by atoms with Crippen molar-refractivity contribution in [3.8, 4) is 6.07 Å². The number of halogens is 2. The molecule has 1 aromatic carbocycles. The molecule has 2 aromatic rings. The number of rotatable bonds is 2. The van der Waals surface area contributed by atoms with Crippen LogP contribution < -0.4 is 4.90 Å². The Kier molecular flexibility index (Phi) is 4.80. The second kappa shape index (κ2) is 7.20. The van der Waals surface area contributed by atoms with Crippen LogP contribution in [0.5, 0.6) is 0 Å². The Morgan fingerprint density at radius 2 is 2.10 bits per heavy atom. The molecule has 3 heterocycles. The summed E-state index contributed by atoms with van der Waals surface area (Å²) in [6.07, 6.45) is 3.04. The predicted molar refractivity (Wildman–Crippen MR) is 104 cm³/mol. The number of likely N-dealkylation sites (tertiary alicyclic amines) is 1. The quantitative estimate of drug-likeness (QED) is 0.758. The molecule has 7 nitrogen and oxygen atoms in total. The summed E-state index contributed by atoms with van der Waals surface area (Å²) in [5.41, 5.74) is -0.243. The van der Waals surface area contributed by atoms with Crippen molar-refractivity contribution in [2.24, 2.45) is 12.5 Å². The van der Waals surface area contributed by atoms with Gasteiger partial charge in [-0.1, -0.05) is 6.07 Å². The number of hydrogen-bond acceptors (Lipinski definition) is 4. The Balaban J connectivity index is 1.66. The summed E-state index contributed by atoms with van der Waals surface area (Å²) in [4.78, 5) is 28.8. The zero-order valence-electron chi connectivity index (χ0n) is 16.5. The van der Waals surface area contributed by atoms with Gasteiger partial charge in [0, 0.05) is 38.4 Å². The second-order valence-corrected chi connectivity index (χ2v) is 8.10. The van der Waals surface area contributed by atoms with Gasteiger partial charge >= 0.3 is 0 Å². The molecule has 1 spiro atoms. The Morgan fingerprint density at radius 3 is 2.80 bits per heavy atom. The van der Waals surface area contributed by atoms with E-state index in [9.17, 15) is 18.4 Å². The van der Waals surface area contributed by atoms with Crippen LogP contribution in [0.4, 0.5) is 14.5 Å². The van der Waals surface area contributed by atoms with E-state index in [4.69, 9.17) is 5.26 Å². The van der Waals surface area contributed by atoms with E-state index in [1.807, 2.05) is 6.07 Å². The number of alkyl halides is 2. The zero-order valence-corrected chi connectivity index (χ0v) is 16.5. The fourth-order valence-electron chi connectivity index (χ4n) is 4.54. The molecule has 2 fully saturated rings. The minimum atomic E-state index is -3.18. The summed E-state index contributed by atoms with van der Waals surface area (Å²) in [5, 5.41) is 13.1. The van der Waals surface area contributed by atoms with E-state index in [0.717, 1.165) is 4.90 Å². The van der Waals surface area contributed by atoms with Crippen molar-refractivity contribution in [3.05, 3.63) is 47.8 Å². The molecule has 0 radical (unpaired) electrons. The number of carbonyl (C=O) groups excluding carboxylic acids is 2. The highest BCUT2D eigenvalue weighted by atomic mass is 19.3. The maximum atomic E-state index is 14.8. The van der Waals surface area contributed by atoms with Crippen LogP contribution in [0.15, 0.2) is 36.7 Å². The summed E-state index contributed by atoms with van der Waals surface area (Å²) >= 11 is 0. The SMILES string of the molecule is Cn1cc(C(=O)N2CC(F)(F)C[C@@]3(CCCN(c4cccc(C#N)c4)C3=O)C2)cn1. The number of hydrogen-bond donors (Lipinski definition) is 0. The maximum absolute atomic E-state index is 14.8. The minimum Gasteiger partial charge on any atom is -0.331 e. The normalized spacial score (nSPS) is 23.5. The molecule has 0 aliphatic carbocycles. The number of anilines is 1. The van der Waals surface area contributed by atoms with Gasteiger partial charge in [0.05, 0.1) is 35.4 Å². The molecular formula is C21H21F2N5O2. The van der Waals surface area contributed by atoms with Gasteiger partial charge in [0.15, 0.2) is 0 Å². The average Bonchev–Trinajstić information content (AvgIpc) is 3.14. The lowest BCUT2D eigenvalue weighted by molar-refractivity contribution is -0.150. The Hall–Kier alpha value is -3.28. The first-order valence-corrected chi connectivity index (χ1v) is 9.71. The third-order valence-electron chi connectivity index (χ3n) is 5.77. The molecule has 2 aliphatic heterocycles. The third kappa shape index (κ3) is 3.54. The third-order valence-corrected chi connectivity index (χ3v) is 5.77. The first-order chi connectivity index (χ1) is 14.2. The Bertz CT molecular complexity index is 1040. The molecule has 2 aliphatic rings. The van der Waals surface area contributed by atoms with E-state index in [0.29, 0.717) is 24.2 Å². The Morgan fingerprint density at radius 1 is 1.30 bits per heavy atom. The highest BCUT2D eigenvalue weighted by molar-refractivity contribution is 6.00. The molecule has 4 rings (SSSR count). The van der Waals surface area contributed by atoms with Crippen LogP contribution in [0.1, 0.15) is 35.2 Å². The summed E-state index contributed by atoms with van der Waals surface area (Å²) in [7, 11) is 1.64. The smallest absolute Gasteiger partial charge is 0.266 e. The van der Waals surface area contributed by atoms with Crippen molar-refractivity contribution < 1.29 is 18.4 Å². The fourth-order valence-corrected chi connectivity index (χ4v) is 4.54. The number of aromatic nitrogens is 2. The van der Waals surface area contributed by atoms with Crippen molar-refractivity contribution in [3.63, 3.8) is 0 Å². The number of carbonyl (C=O) groups is 2. The van der Waals surface area contributed by atoms with Gasteiger partial charge in [-0.05, 0) is 31.0 Å². The highest BCUT2D eigenvalue weighted by Gasteiger charge is 2.56. The largest absolute Gasteiger partial charge is 0.331 e. The van der Waals surface area contributed by atoms with Gasteiger partial charge in [0.25, 0.3) is 11.8 Å². The van der Waals surface area contributed by atoms with Crippen LogP contribution in [0.3, 0.4) is 0 Å². The van der Waals surface area contributed by atoms with Gasteiger partial charge in [0.1, 0.15) is 0 Å². The van der Waals surface area contributed by atoms with Gasteiger partial charge in [-0.25, -0.2) is 8.78 Å². The molecule has 1 aromatic heterocycles. The molecule has 0 saturated carbocycles. The van der Waals surface area contributed by atoms with E-state index < -0.39 is 36.1 Å². The zero-order chi connectivity index (χ0) is 21.5. The van der Waals surface area contributed by atoms with Crippen LogP contribution in [0.2, 0.25) is 0 Å². The van der Waals surface area contributed by atoms with Crippen LogP contribution in [0, 0.1) is 16.7 Å². The maximum Gasteiger partial charge on any atom is 0.266 e. The van der Waals surface area contributed by atoms with E-state index in [1.165, 1.54) is 22.0 Å². The van der Waals surface area contributed by atoms with Crippen LogP contribution in [0.25, 0.3) is 0 Å². The monoisotopic (exact) mass is 413 g/mol. The van der Waals surface area contributed by atoms with E-state index in [-0.39, 0.29) is 18.5 Å². The number of nitrogens with zero attached hydrogens (tertiary/aromatic N) is 5. The summed E-state index contributed by atoms with van der Waals surface area (Å²) in [6.45, 7) is -0.402. The van der Waals surface area contributed by atoms with Crippen molar-refractivity contribution in [1.29, 1.82) is 5.26 Å². The van der Waals surface area contributed by atoms with Crippen molar-refractivity contribution >= 4 is 17.5 Å². The lowest BCUT2D eigenvalue weighted by atomic mass is 9.71. The van der Waals surface area contributed by atoms with Gasteiger partial charge < -0.3 is 9.80 Å². The number of amides is 2. The van der Waals surface area contributed by atoms with Gasteiger partial charge in [-0.3, -0.25) is 14.3 Å². The Labute approximate surface area is 172 Å². The number of aryl methyl sites for hydroxylation is 1. The van der Waals surface area contributed by atoms with Crippen molar-refractivity contribution in [1.82, 2.24) is 14.7 Å². The number of piperidine rings is 2. The first kappa shape index (κ1) is 20.0. The summed E-state index contributed by atoms with van der Waals surface area (Å²) < 4.78 is 30.9. The van der Waals surface area contributed by atoms with Crippen LogP contribution in [-0.2, 0) is 11.8 Å². The predicted octanol–water partition coefficient (Wildman–Crippen LogP) is 2.59. The number of benzene rings is 1. The van der Waals surface area contributed by atoms with Gasteiger partial charge in [-0.2, -0.15) is 10.4 Å². The van der Waals surface area contributed by atoms with E-state index in [1.54, 1.807) is 31.3 Å². The topological polar surface area (TPSA) is 82.2 Å². The molecule has 9 heteroatoms. The molecule has 30 heavy (non-hydrogen) atoms. The average molecular weight is 413 g/mol. The molecular weight excluding hydrogens is 392 g/mol. The molecule has 0 unspecified atom stereocenters. The molecule has 2 saturated heterocycles. The lowest BCUT2D eigenvalue weighted by Crippen LogP contribution is -2.62. The molecule has 156 valence electrons. The second-order valence-electron chi connectivity index (χ2n) is 8.10. The summed E-state index contributed by atoms with van der Waals surface area (Å²) in [5.74, 6) is -4.16. The van der Waals surface area contributed by atoms with Crippen molar-refractivity contribution in [2.75, 3.05) is 24.5 Å². The van der Waals surface area contributed by atoms with Crippen molar-refractivity contribution in [2.45, 2.75) is 25.2 Å². The molecule has 2 amide bonds. The minimum absolute atomic E-state index is 0.0659. The summed E-state index contributed by atoms with van der Waals surface area (Å²) in [6, 6.07) is 8.58. The van der Waals surface area contributed by atoms with E-state index in [2.05, 4.69) is 5.10 Å². The fraction of sp³-hybridized carbons (Fsp3) is 0.429. The number of nitriles is 1. The van der Waals surface area contributed by atoms with Crippen LogP contribution in [-0.4, -0.2) is 52.1 Å².